The summed E-state index contributed by atoms with van der Waals surface area (Å²) >= 11 is 1.29. The van der Waals surface area contributed by atoms with Crippen LogP contribution in [-0.2, 0) is 25.7 Å². The molecule has 2 heterocycles. The number of fused-ring (bicyclic) bond motifs is 1. The molecular formula is C29H34FN5O6S. The molecule has 0 spiro atoms. The quantitative estimate of drug-likeness (QED) is 0.194. The maximum atomic E-state index is 13.6. The topological polar surface area (TPSA) is 152 Å². The van der Waals surface area contributed by atoms with Gasteiger partial charge in [0.1, 0.15) is 40.9 Å². The molecule has 2 aromatic carbocycles. The van der Waals surface area contributed by atoms with E-state index in [2.05, 4.69) is 15.6 Å². The summed E-state index contributed by atoms with van der Waals surface area (Å²) in [4.78, 5) is 59.4. The molecule has 2 aromatic rings. The van der Waals surface area contributed by atoms with Gasteiger partial charge in [-0.3, -0.25) is 19.4 Å². The van der Waals surface area contributed by atoms with E-state index >= 15 is 0 Å². The number of benzene rings is 2. The van der Waals surface area contributed by atoms with Crippen LogP contribution in [0.15, 0.2) is 53.5 Å². The molecule has 11 nitrogen and oxygen atoms in total. The van der Waals surface area contributed by atoms with Crippen LogP contribution in [-0.4, -0.2) is 85.8 Å². The minimum absolute atomic E-state index is 0.0328. The fourth-order valence-corrected chi connectivity index (χ4v) is 6.79. The highest BCUT2D eigenvalue weighted by Gasteiger charge is 2.64. The first-order chi connectivity index (χ1) is 19.7. The average Bonchev–Trinajstić information content (AvgIpc) is 3.19. The molecule has 0 saturated carbocycles. The molecule has 4 N–H and O–H groups in total. The van der Waals surface area contributed by atoms with E-state index in [9.17, 15) is 33.8 Å². The molecule has 0 aromatic heterocycles. The SMILES string of the molecule is CC(C(=O)NC(C(=O)N[C@@H]1C(=O)N2[C@@H]1SC(C)(C)[C@@H]2C(=O)O)c1ccc(O)cc1)C(=NCc1ccc(F)cc1)N(C)C. The Balaban J connectivity index is 1.53. The summed E-state index contributed by atoms with van der Waals surface area (Å²) in [5, 5.41) is 24.3. The highest BCUT2D eigenvalue weighted by atomic mass is 32.2. The zero-order valence-electron chi connectivity index (χ0n) is 23.9. The third kappa shape index (κ3) is 6.20. The number of aliphatic imine (C=N–C) groups is 1. The van der Waals surface area contributed by atoms with Gasteiger partial charge in [0.05, 0.1) is 12.5 Å². The van der Waals surface area contributed by atoms with Crippen molar-refractivity contribution in [3.8, 4) is 5.75 Å². The molecule has 3 amide bonds. The van der Waals surface area contributed by atoms with Gasteiger partial charge in [0.2, 0.25) is 17.7 Å². The van der Waals surface area contributed by atoms with Gasteiger partial charge in [-0.2, -0.15) is 0 Å². The lowest BCUT2D eigenvalue weighted by Gasteiger charge is -2.44. The van der Waals surface area contributed by atoms with Crippen LogP contribution in [0.25, 0.3) is 0 Å². The Hall–Kier alpha value is -4.13. The molecule has 13 heteroatoms. The maximum Gasteiger partial charge on any atom is 0.327 e. The summed E-state index contributed by atoms with van der Waals surface area (Å²) in [6.07, 6.45) is 0. The Labute approximate surface area is 247 Å². The smallest absolute Gasteiger partial charge is 0.327 e. The minimum Gasteiger partial charge on any atom is -0.508 e. The van der Waals surface area contributed by atoms with Crippen molar-refractivity contribution in [2.45, 2.75) is 55.6 Å². The van der Waals surface area contributed by atoms with Crippen LogP contribution < -0.4 is 10.6 Å². The van der Waals surface area contributed by atoms with Crippen molar-refractivity contribution in [3.05, 3.63) is 65.5 Å². The summed E-state index contributed by atoms with van der Waals surface area (Å²) in [6, 6.07) is 8.39. The van der Waals surface area contributed by atoms with Crippen LogP contribution in [0.4, 0.5) is 4.39 Å². The van der Waals surface area contributed by atoms with Crippen molar-refractivity contribution in [1.82, 2.24) is 20.4 Å². The van der Waals surface area contributed by atoms with Gasteiger partial charge in [-0.25, -0.2) is 9.18 Å². The lowest BCUT2D eigenvalue weighted by Crippen LogP contribution is -2.71. The number of aromatic hydroxyl groups is 1. The normalized spacial score (nSPS) is 22.4. The Morgan fingerprint density at radius 1 is 1.10 bits per heavy atom. The number of amides is 3. The lowest BCUT2D eigenvalue weighted by atomic mass is 9.95. The van der Waals surface area contributed by atoms with Gasteiger partial charge in [0, 0.05) is 18.8 Å². The predicted octanol–water partition coefficient (Wildman–Crippen LogP) is 2.12. The standard InChI is InChI=1S/C29H34FN5O6S/c1-15(23(34(4)5)31-14-16-6-10-18(30)11-7-16)24(37)32-20(17-8-12-19(36)13-9-17)25(38)33-21-26(39)35-22(28(40)41)29(2,3)42-27(21)35/h6-13,15,20-22,27,36H,14H2,1-5H3,(H,32,37)(H,33,38)(H,40,41)/t15?,20?,21-,22+,27-/m1/s1. The van der Waals surface area contributed by atoms with Crippen LogP contribution in [0.5, 0.6) is 5.75 Å². The second-order valence-electron chi connectivity index (χ2n) is 11.0. The number of nitrogens with one attached hydrogen (secondary N) is 2. The summed E-state index contributed by atoms with van der Waals surface area (Å²) in [5.74, 6) is -3.57. The van der Waals surface area contributed by atoms with Crippen molar-refractivity contribution in [2.75, 3.05) is 14.1 Å². The number of hydrogen-bond donors (Lipinski definition) is 4. The largest absolute Gasteiger partial charge is 0.508 e. The Bertz CT molecular complexity index is 1400. The molecule has 42 heavy (non-hydrogen) atoms. The highest BCUT2D eigenvalue weighted by Crippen LogP contribution is 2.50. The van der Waals surface area contributed by atoms with E-state index in [1.165, 1.54) is 53.1 Å². The van der Waals surface area contributed by atoms with Gasteiger partial charge in [0.25, 0.3) is 0 Å². The van der Waals surface area contributed by atoms with Crippen molar-refractivity contribution >= 4 is 41.3 Å². The number of nitrogens with zero attached hydrogens (tertiary/aromatic N) is 3. The molecule has 0 bridgehead atoms. The molecule has 2 saturated heterocycles. The minimum atomic E-state index is -1.22. The molecule has 5 atom stereocenters. The number of thioether (sulfide) groups is 1. The summed E-state index contributed by atoms with van der Waals surface area (Å²) < 4.78 is 12.5. The number of carboxylic acids is 1. The van der Waals surface area contributed by atoms with E-state index in [1.807, 2.05) is 0 Å². The molecule has 4 rings (SSSR count). The van der Waals surface area contributed by atoms with Crippen LogP contribution in [0.1, 0.15) is 37.9 Å². The maximum absolute atomic E-state index is 13.6. The third-order valence-corrected chi connectivity index (χ3v) is 8.90. The van der Waals surface area contributed by atoms with Crippen molar-refractivity contribution < 1.29 is 33.8 Å². The Morgan fingerprint density at radius 2 is 1.71 bits per heavy atom. The molecule has 2 aliphatic heterocycles. The molecule has 0 radical (unpaired) electrons. The van der Waals surface area contributed by atoms with Gasteiger partial charge in [-0.15, -0.1) is 11.8 Å². The molecular weight excluding hydrogens is 565 g/mol. The lowest BCUT2D eigenvalue weighted by molar-refractivity contribution is -0.161. The number of carbonyl (C=O) groups is 4. The number of amidine groups is 1. The van der Waals surface area contributed by atoms with Crippen LogP contribution >= 0.6 is 11.8 Å². The molecule has 0 aliphatic carbocycles. The number of β-lactam (4-membered cyclic amide) rings is 1. The van der Waals surface area contributed by atoms with Gasteiger partial charge in [0.15, 0.2) is 0 Å². The monoisotopic (exact) mass is 599 g/mol. The van der Waals surface area contributed by atoms with Crippen molar-refractivity contribution in [2.24, 2.45) is 10.9 Å². The molecule has 2 fully saturated rings. The van der Waals surface area contributed by atoms with Gasteiger partial charge < -0.3 is 30.6 Å². The fourth-order valence-electron chi connectivity index (χ4n) is 5.16. The second kappa shape index (κ2) is 12.0. The Morgan fingerprint density at radius 3 is 2.29 bits per heavy atom. The van der Waals surface area contributed by atoms with Gasteiger partial charge >= 0.3 is 5.97 Å². The highest BCUT2D eigenvalue weighted by molar-refractivity contribution is 8.01. The second-order valence-corrected chi connectivity index (χ2v) is 12.8. The van der Waals surface area contributed by atoms with Crippen LogP contribution in [0.3, 0.4) is 0 Å². The molecule has 2 aliphatic rings. The number of rotatable bonds is 9. The van der Waals surface area contributed by atoms with Gasteiger partial charge in [-0.1, -0.05) is 24.3 Å². The first-order valence-electron chi connectivity index (χ1n) is 13.3. The van der Waals surface area contributed by atoms with E-state index in [4.69, 9.17) is 0 Å². The first kappa shape index (κ1) is 30.8. The Kier molecular flexibility index (Phi) is 8.81. The number of phenolic OH excluding ortho intramolecular Hbond substituents is 1. The number of phenols is 1. The van der Waals surface area contributed by atoms with Crippen LogP contribution in [0, 0.1) is 11.7 Å². The van der Waals surface area contributed by atoms with Gasteiger partial charge in [-0.05, 0) is 56.2 Å². The fraction of sp³-hybridized carbons (Fsp3) is 0.414. The molecule has 224 valence electrons. The van der Waals surface area contributed by atoms with Crippen molar-refractivity contribution in [1.29, 1.82) is 0 Å². The van der Waals surface area contributed by atoms with Crippen molar-refractivity contribution in [3.63, 3.8) is 0 Å². The van der Waals surface area contributed by atoms with E-state index in [-0.39, 0.29) is 18.1 Å². The number of hydrogen-bond acceptors (Lipinski definition) is 7. The van der Waals surface area contributed by atoms with Crippen LogP contribution in [0.2, 0.25) is 0 Å². The summed E-state index contributed by atoms with van der Waals surface area (Å²) in [6.45, 7) is 5.32. The van der Waals surface area contributed by atoms with E-state index in [1.54, 1.807) is 51.9 Å². The average molecular weight is 600 g/mol. The third-order valence-electron chi connectivity index (χ3n) is 7.32. The summed E-state index contributed by atoms with van der Waals surface area (Å²) in [5.41, 5.74) is 1.12. The number of halogens is 1. The predicted molar refractivity (Wildman–Crippen MR) is 155 cm³/mol. The first-order valence-corrected chi connectivity index (χ1v) is 14.2. The zero-order chi connectivity index (χ0) is 30.9. The van der Waals surface area contributed by atoms with E-state index in [0.717, 1.165) is 5.56 Å². The number of aliphatic carboxylic acids is 1. The van der Waals surface area contributed by atoms with E-state index in [0.29, 0.717) is 11.4 Å². The molecule has 2 unspecified atom stereocenters. The summed E-state index contributed by atoms with van der Waals surface area (Å²) in [7, 11) is 3.47. The van der Waals surface area contributed by atoms with E-state index < -0.39 is 57.9 Å². The zero-order valence-corrected chi connectivity index (χ0v) is 24.7. The number of carbonyl (C=O) groups excluding carboxylic acids is 3. The number of carboxylic acid groups (broad SMARTS) is 1.